The van der Waals surface area contributed by atoms with E-state index in [0.29, 0.717) is 13.2 Å². The summed E-state index contributed by atoms with van der Waals surface area (Å²) in [4.78, 5) is 15.1. The largest absolute Gasteiger partial charge is 0.494 e. The van der Waals surface area contributed by atoms with Gasteiger partial charge in [-0.05, 0) is 67.9 Å². The molecule has 2 aromatic carbocycles. The number of imidazole rings is 1. The molecule has 0 aliphatic rings. The lowest BCUT2D eigenvalue weighted by molar-refractivity contribution is 0.340. The molecule has 0 spiro atoms. The van der Waals surface area contributed by atoms with Crippen molar-refractivity contribution in [3.63, 3.8) is 0 Å². The molecule has 0 amide bonds. The molecule has 0 saturated heterocycles. The molecular weight excluding hydrogens is 304 g/mol. The van der Waals surface area contributed by atoms with Gasteiger partial charge in [-0.1, -0.05) is 0 Å². The quantitative estimate of drug-likeness (QED) is 0.753. The number of nitrogens with zero attached hydrogens (tertiary/aromatic N) is 1. The number of aromatic amines is 1. The van der Waals surface area contributed by atoms with E-state index >= 15 is 0 Å². The maximum Gasteiger partial charge on any atom is 0.330 e. The lowest BCUT2D eigenvalue weighted by Crippen LogP contribution is -2.13. The van der Waals surface area contributed by atoms with Crippen molar-refractivity contribution in [2.45, 2.75) is 13.8 Å². The molecule has 0 aliphatic heterocycles. The second-order valence-electron chi connectivity index (χ2n) is 5.23. The zero-order chi connectivity index (χ0) is 16.9. The van der Waals surface area contributed by atoms with Gasteiger partial charge in [-0.15, -0.1) is 0 Å². The third-order valence-electron chi connectivity index (χ3n) is 3.62. The summed E-state index contributed by atoms with van der Waals surface area (Å²) >= 11 is 0. The van der Waals surface area contributed by atoms with Gasteiger partial charge in [0.25, 0.3) is 0 Å². The Morgan fingerprint density at radius 2 is 1.42 bits per heavy atom. The van der Waals surface area contributed by atoms with Crippen molar-refractivity contribution in [2.24, 2.45) is 0 Å². The Morgan fingerprint density at radius 3 is 1.96 bits per heavy atom. The maximum absolute atomic E-state index is 12.2. The molecule has 0 saturated carbocycles. The number of nitrogens with one attached hydrogen (secondary N) is 1. The summed E-state index contributed by atoms with van der Waals surface area (Å²) in [5.41, 5.74) is 2.30. The molecule has 1 heterocycles. The standard InChI is InChI=1S/C19H20N2O3/c1-3-23-16-9-5-14(6-10-16)18-13-21(19(22)20-18)15-7-11-17(12-8-15)24-4-2/h5-13H,3-4H2,1-2H3,(H,20,22). The Bertz CT molecular complexity index is 846. The van der Waals surface area contributed by atoms with Crippen molar-refractivity contribution in [2.75, 3.05) is 13.2 Å². The first-order valence-electron chi connectivity index (χ1n) is 7.99. The van der Waals surface area contributed by atoms with Gasteiger partial charge in [0.1, 0.15) is 11.5 Å². The topological polar surface area (TPSA) is 56.2 Å². The Morgan fingerprint density at radius 1 is 0.875 bits per heavy atom. The summed E-state index contributed by atoms with van der Waals surface area (Å²) in [5.74, 6) is 1.60. The van der Waals surface area contributed by atoms with Gasteiger partial charge in [-0.3, -0.25) is 4.57 Å². The van der Waals surface area contributed by atoms with Gasteiger partial charge in [0.05, 0.1) is 24.6 Å². The highest BCUT2D eigenvalue weighted by molar-refractivity contribution is 5.60. The highest BCUT2D eigenvalue weighted by atomic mass is 16.5. The van der Waals surface area contributed by atoms with Crippen LogP contribution in [0.3, 0.4) is 0 Å². The molecule has 0 unspecified atom stereocenters. The molecule has 0 atom stereocenters. The average molecular weight is 324 g/mol. The minimum atomic E-state index is -0.178. The molecule has 3 rings (SSSR count). The fourth-order valence-corrected chi connectivity index (χ4v) is 2.50. The van der Waals surface area contributed by atoms with E-state index in [1.807, 2.05) is 62.4 Å². The molecule has 0 fully saturated rings. The van der Waals surface area contributed by atoms with Crippen LogP contribution in [-0.2, 0) is 0 Å². The van der Waals surface area contributed by atoms with E-state index in [0.717, 1.165) is 28.4 Å². The smallest absolute Gasteiger partial charge is 0.330 e. The van der Waals surface area contributed by atoms with E-state index in [1.54, 1.807) is 10.8 Å². The summed E-state index contributed by atoms with van der Waals surface area (Å²) in [6, 6.07) is 15.1. The predicted molar refractivity (Wildman–Crippen MR) is 94.2 cm³/mol. The van der Waals surface area contributed by atoms with Crippen molar-refractivity contribution in [1.82, 2.24) is 9.55 Å². The number of aromatic nitrogens is 2. The average Bonchev–Trinajstić information content (AvgIpc) is 2.99. The zero-order valence-corrected chi connectivity index (χ0v) is 13.8. The molecule has 1 aromatic heterocycles. The fraction of sp³-hybridized carbons (Fsp3) is 0.211. The van der Waals surface area contributed by atoms with Crippen LogP contribution < -0.4 is 15.2 Å². The molecule has 24 heavy (non-hydrogen) atoms. The number of ether oxygens (including phenoxy) is 2. The van der Waals surface area contributed by atoms with Gasteiger partial charge >= 0.3 is 5.69 Å². The van der Waals surface area contributed by atoms with Crippen molar-refractivity contribution < 1.29 is 9.47 Å². The van der Waals surface area contributed by atoms with Gasteiger partial charge in [-0.2, -0.15) is 0 Å². The summed E-state index contributed by atoms with van der Waals surface area (Å²) in [7, 11) is 0. The Kier molecular flexibility index (Phi) is 4.70. The summed E-state index contributed by atoms with van der Waals surface area (Å²) in [6.07, 6.45) is 1.80. The van der Waals surface area contributed by atoms with Crippen molar-refractivity contribution in [3.8, 4) is 28.4 Å². The van der Waals surface area contributed by atoms with Gasteiger partial charge in [0.2, 0.25) is 0 Å². The van der Waals surface area contributed by atoms with Crippen LogP contribution >= 0.6 is 0 Å². The van der Waals surface area contributed by atoms with Crippen LogP contribution in [0.5, 0.6) is 11.5 Å². The summed E-state index contributed by atoms with van der Waals surface area (Å²) in [6.45, 7) is 5.13. The number of hydrogen-bond donors (Lipinski definition) is 1. The van der Waals surface area contributed by atoms with E-state index in [4.69, 9.17) is 9.47 Å². The monoisotopic (exact) mass is 324 g/mol. The van der Waals surface area contributed by atoms with E-state index in [1.165, 1.54) is 0 Å². The van der Waals surface area contributed by atoms with Gasteiger partial charge in [-0.25, -0.2) is 4.79 Å². The number of H-pyrrole nitrogens is 1. The second kappa shape index (κ2) is 7.08. The molecule has 0 bridgehead atoms. The van der Waals surface area contributed by atoms with E-state index in [2.05, 4.69) is 4.98 Å². The maximum atomic E-state index is 12.2. The van der Waals surface area contributed by atoms with Crippen molar-refractivity contribution in [3.05, 3.63) is 65.2 Å². The summed E-state index contributed by atoms with van der Waals surface area (Å²) < 4.78 is 12.4. The lowest BCUT2D eigenvalue weighted by Gasteiger charge is -2.05. The van der Waals surface area contributed by atoms with Crippen LogP contribution in [0.2, 0.25) is 0 Å². The van der Waals surface area contributed by atoms with E-state index in [9.17, 15) is 4.79 Å². The number of rotatable bonds is 6. The molecule has 0 aliphatic carbocycles. The third-order valence-corrected chi connectivity index (χ3v) is 3.62. The van der Waals surface area contributed by atoms with Crippen molar-refractivity contribution >= 4 is 0 Å². The highest BCUT2D eigenvalue weighted by Crippen LogP contribution is 2.21. The minimum absolute atomic E-state index is 0.178. The van der Waals surface area contributed by atoms with Crippen LogP contribution in [-0.4, -0.2) is 22.8 Å². The fourth-order valence-electron chi connectivity index (χ4n) is 2.50. The Labute approximate surface area is 140 Å². The molecule has 0 radical (unpaired) electrons. The van der Waals surface area contributed by atoms with Crippen LogP contribution in [0.1, 0.15) is 13.8 Å². The predicted octanol–water partition coefficient (Wildman–Crippen LogP) is 3.63. The van der Waals surface area contributed by atoms with E-state index < -0.39 is 0 Å². The minimum Gasteiger partial charge on any atom is -0.494 e. The zero-order valence-electron chi connectivity index (χ0n) is 13.8. The van der Waals surface area contributed by atoms with Gasteiger partial charge < -0.3 is 14.5 Å². The number of benzene rings is 2. The van der Waals surface area contributed by atoms with Crippen LogP contribution in [0.15, 0.2) is 59.5 Å². The first-order chi connectivity index (χ1) is 11.7. The van der Waals surface area contributed by atoms with Crippen LogP contribution in [0.4, 0.5) is 0 Å². The van der Waals surface area contributed by atoms with Gasteiger partial charge in [0.15, 0.2) is 0 Å². The SMILES string of the molecule is CCOc1ccc(-c2cn(-c3ccc(OCC)cc3)c(=O)[nH]2)cc1. The lowest BCUT2D eigenvalue weighted by atomic mass is 10.1. The molecule has 5 heteroatoms. The first-order valence-corrected chi connectivity index (χ1v) is 7.99. The van der Waals surface area contributed by atoms with Crippen LogP contribution in [0.25, 0.3) is 16.9 Å². The third kappa shape index (κ3) is 3.35. The Hall–Kier alpha value is -2.95. The van der Waals surface area contributed by atoms with E-state index in [-0.39, 0.29) is 5.69 Å². The molecule has 124 valence electrons. The van der Waals surface area contributed by atoms with Crippen molar-refractivity contribution in [1.29, 1.82) is 0 Å². The Balaban J connectivity index is 1.88. The normalized spacial score (nSPS) is 10.6. The summed E-state index contributed by atoms with van der Waals surface area (Å²) in [5, 5.41) is 0. The number of hydrogen-bond acceptors (Lipinski definition) is 3. The molecule has 5 nitrogen and oxygen atoms in total. The molecular formula is C19H20N2O3. The molecule has 1 N–H and O–H groups in total. The molecule has 3 aromatic rings. The van der Waals surface area contributed by atoms with Crippen LogP contribution in [0, 0.1) is 0 Å². The van der Waals surface area contributed by atoms with Gasteiger partial charge in [0, 0.05) is 6.20 Å². The highest BCUT2D eigenvalue weighted by Gasteiger charge is 2.07. The second-order valence-corrected chi connectivity index (χ2v) is 5.23. The first kappa shape index (κ1) is 15.9.